The highest BCUT2D eigenvalue weighted by Gasteiger charge is 2.63. The van der Waals surface area contributed by atoms with Crippen molar-refractivity contribution in [1.82, 2.24) is 0 Å². The van der Waals surface area contributed by atoms with Crippen LogP contribution in [0.1, 0.15) is 72.2 Å². The van der Waals surface area contributed by atoms with Crippen molar-refractivity contribution >= 4 is 8.32 Å². The van der Waals surface area contributed by atoms with Gasteiger partial charge >= 0.3 is 0 Å². The molecule has 3 fully saturated rings. The van der Waals surface area contributed by atoms with Crippen molar-refractivity contribution in [3.8, 4) is 11.8 Å². The van der Waals surface area contributed by atoms with Crippen LogP contribution in [-0.2, 0) is 13.9 Å². The molecule has 194 valence electrons. The van der Waals surface area contributed by atoms with Crippen molar-refractivity contribution in [1.29, 1.82) is 0 Å². The first kappa shape index (κ1) is 26.8. The molecule has 1 aliphatic heterocycles. The van der Waals surface area contributed by atoms with E-state index in [0.29, 0.717) is 18.9 Å². The van der Waals surface area contributed by atoms with Crippen LogP contribution in [0.15, 0.2) is 30.3 Å². The molecule has 2 saturated carbocycles. The van der Waals surface area contributed by atoms with Gasteiger partial charge in [-0.05, 0) is 55.1 Å². The number of hydrogen-bond acceptors (Lipinski definition) is 5. The molecule has 4 rings (SSSR count). The van der Waals surface area contributed by atoms with Crippen LogP contribution in [0.2, 0.25) is 18.1 Å². The van der Waals surface area contributed by atoms with Crippen LogP contribution in [0.4, 0.5) is 0 Å². The Hall–Kier alpha value is -1.20. The molecular weight excluding hydrogens is 456 g/mol. The highest BCUT2D eigenvalue weighted by molar-refractivity contribution is 6.74. The number of rotatable bonds is 5. The van der Waals surface area contributed by atoms with Gasteiger partial charge in [0, 0.05) is 12.2 Å². The van der Waals surface area contributed by atoms with Crippen LogP contribution >= 0.6 is 0 Å². The quantitative estimate of drug-likeness (QED) is 0.417. The lowest BCUT2D eigenvalue weighted by Crippen LogP contribution is -2.53. The maximum absolute atomic E-state index is 11.8. The Morgan fingerprint density at radius 3 is 2.40 bits per heavy atom. The van der Waals surface area contributed by atoms with Gasteiger partial charge in [0.05, 0.1) is 18.1 Å². The van der Waals surface area contributed by atoms with E-state index in [-0.39, 0.29) is 17.1 Å². The zero-order valence-electron chi connectivity index (χ0n) is 22.6. The van der Waals surface area contributed by atoms with E-state index >= 15 is 0 Å². The van der Waals surface area contributed by atoms with Gasteiger partial charge < -0.3 is 24.1 Å². The second-order valence-electron chi connectivity index (χ2n) is 12.9. The maximum atomic E-state index is 11.8. The SMILES string of the molecule is CC1(C)C2CCC1(C#C[C@]1(O)CO[C@@H](c3ccccc3)OC1CCO[Si](C)(C)C(C)(C)C)[C@H](O)C2. The molecule has 1 saturated heterocycles. The summed E-state index contributed by atoms with van der Waals surface area (Å²) < 4.78 is 18.8. The minimum absolute atomic E-state index is 0.0559. The fraction of sp³-hybridized carbons (Fsp3) is 0.724. The molecule has 1 aromatic rings. The van der Waals surface area contributed by atoms with Crippen LogP contribution in [0, 0.1) is 28.6 Å². The van der Waals surface area contributed by atoms with Crippen molar-refractivity contribution < 1.29 is 24.1 Å². The lowest BCUT2D eigenvalue weighted by atomic mass is 9.68. The summed E-state index contributed by atoms with van der Waals surface area (Å²) >= 11 is 0. The van der Waals surface area contributed by atoms with Gasteiger partial charge in [0.25, 0.3) is 0 Å². The summed E-state index contributed by atoms with van der Waals surface area (Å²) in [4.78, 5) is 0. The number of aliphatic hydroxyl groups excluding tert-OH is 1. The molecule has 35 heavy (non-hydrogen) atoms. The smallest absolute Gasteiger partial charge is 0.191 e. The Labute approximate surface area is 212 Å². The summed E-state index contributed by atoms with van der Waals surface area (Å²) in [5, 5.41) is 22.8. The van der Waals surface area contributed by atoms with E-state index < -0.39 is 37.8 Å². The predicted molar refractivity (Wildman–Crippen MR) is 140 cm³/mol. The van der Waals surface area contributed by atoms with Crippen molar-refractivity contribution in [3.05, 3.63) is 35.9 Å². The zero-order valence-corrected chi connectivity index (χ0v) is 23.6. The van der Waals surface area contributed by atoms with Crippen LogP contribution < -0.4 is 0 Å². The summed E-state index contributed by atoms with van der Waals surface area (Å²) in [6, 6.07) is 9.81. The van der Waals surface area contributed by atoms with E-state index in [1.165, 1.54) is 0 Å². The highest BCUT2D eigenvalue weighted by atomic mass is 28.4. The highest BCUT2D eigenvalue weighted by Crippen LogP contribution is 2.65. The number of ether oxygens (including phenoxy) is 2. The summed E-state index contributed by atoms with van der Waals surface area (Å²) in [7, 11) is -1.93. The van der Waals surface area contributed by atoms with E-state index in [9.17, 15) is 10.2 Å². The van der Waals surface area contributed by atoms with E-state index in [1.807, 2.05) is 30.3 Å². The number of benzene rings is 1. The molecule has 0 aromatic heterocycles. The lowest BCUT2D eigenvalue weighted by molar-refractivity contribution is -0.279. The second-order valence-corrected chi connectivity index (χ2v) is 17.7. The Morgan fingerprint density at radius 2 is 1.83 bits per heavy atom. The summed E-state index contributed by atoms with van der Waals surface area (Å²) in [5.41, 5.74) is -1.12. The fourth-order valence-electron chi connectivity index (χ4n) is 5.90. The topological polar surface area (TPSA) is 68.2 Å². The molecule has 0 amide bonds. The van der Waals surface area contributed by atoms with Gasteiger partial charge in [-0.2, -0.15) is 0 Å². The standard InChI is InChI=1S/C29H44O5Si/c1-26(2,3)35(6,7)33-18-14-24-29(31,20-32-25(34-24)21-11-9-8-10-12-21)17-16-28-15-13-22(19-23(28)30)27(28,4)5/h8-12,22-25,30-31H,13-15,18-20H2,1-7H3/t22?,23-,24?,25-,28?,29+/m1/s1. The fourth-order valence-corrected chi connectivity index (χ4v) is 6.96. The third-order valence-electron chi connectivity index (χ3n) is 9.63. The normalized spacial score (nSPS) is 36.6. The van der Waals surface area contributed by atoms with Crippen LogP contribution in [0.5, 0.6) is 0 Å². The minimum atomic E-state index is -1.93. The van der Waals surface area contributed by atoms with E-state index in [0.717, 1.165) is 24.8 Å². The van der Waals surface area contributed by atoms with Crippen molar-refractivity contribution in [3.63, 3.8) is 0 Å². The summed E-state index contributed by atoms with van der Waals surface area (Å²) in [5.74, 6) is 7.07. The predicted octanol–water partition coefficient (Wildman–Crippen LogP) is 5.43. The molecule has 0 radical (unpaired) electrons. The third-order valence-corrected chi connectivity index (χ3v) is 14.2. The van der Waals surface area contributed by atoms with Gasteiger partial charge in [0.15, 0.2) is 20.2 Å². The van der Waals surface area contributed by atoms with Gasteiger partial charge in [-0.15, -0.1) is 0 Å². The van der Waals surface area contributed by atoms with Crippen LogP contribution in [-0.4, -0.2) is 49.6 Å². The molecule has 2 N–H and O–H groups in total. The van der Waals surface area contributed by atoms with Crippen molar-refractivity contribution in [2.45, 2.75) is 103 Å². The van der Waals surface area contributed by atoms with Crippen molar-refractivity contribution in [2.75, 3.05) is 13.2 Å². The molecule has 5 nitrogen and oxygen atoms in total. The van der Waals surface area contributed by atoms with Crippen LogP contribution in [0.3, 0.4) is 0 Å². The molecule has 2 bridgehead atoms. The largest absolute Gasteiger partial charge is 0.417 e. The molecule has 3 aliphatic rings. The molecular formula is C29H44O5Si. The summed E-state index contributed by atoms with van der Waals surface area (Å²) in [6.45, 7) is 16.1. The number of aliphatic hydroxyl groups is 2. The Balaban J connectivity index is 1.58. The summed E-state index contributed by atoms with van der Waals surface area (Å²) in [6.07, 6.45) is 1.66. The zero-order chi connectivity index (χ0) is 25.7. The average Bonchev–Trinajstić information content (AvgIpc) is 3.14. The molecule has 3 unspecified atom stereocenters. The molecule has 1 aromatic carbocycles. The Morgan fingerprint density at radius 1 is 1.14 bits per heavy atom. The van der Waals surface area contributed by atoms with Crippen LogP contribution in [0.25, 0.3) is 0 Å². The average molecular weight is 501 g/mol. The molecule has 6 atom stereocenters. The third kappa shape index (κ3) is 4.76. The van der Waals surface area contributed by atoms with Gasteiger partial charge in [-0.25, -0.2) is 0 Å². The first-order chi connectivity index (χ1) is 16.2. The minimum Gasteiger partial charge on any atom is -0.417 e. The Kier molecular flexibility index (Phi) is 7.11. The molecule has 0 spiro atoms. The number of hydrogen-bond donors (Lipinski definition) is 2. The van der Waals surface area contributed by atoms with Gasteiger partial charge in [-0.3, -0.25) is 0 Å². The lowest BCUT2D eigenvalue weighted by Gasteiger charge is -2.42. The Bertz CT molecular complexity index is 959. The van der Waals surface area contributed by atoms with E-state index in [4.69, 9.17) is 13.9 Å². The maximum Gasteiger partial charge on any atom is 0.191 e. The molecule has 6 heteroatoms. The van der Waals surface area contributed by atoms with E-state index in [1.54, 1.807) is 0 Å². The number of fused-ring (bicyclic) bond motifs is 2. The van der Waals surface area contributed by atoms with Crippen molar-refractivity contribution in [2.24, 2.45) is 16.7 Å². The first-order valence-corrected chi connectivity index (χ1v) is 16.0. The van der Waals surface area contributed by atoms with Gasteiger partial charge in [0.2, 0.25) is 0 Å². The first-order valence-electron chi connectivity index (χ1n) is 13.1. The molecule has 2 aliphatic carbocycles. The van der Waals surface area contributed by atoms with Gasteiger partial charge in [0.1, 0.15) is 6.10 Å². The van der Waals surface area contributed by atoms with Gasteiger partial charge in [-0.1, -0.05) is 76.8 Å². The monoisotopic (exact) mass is 500 g/mol. The second kappa shape index (κ2) is 9.27. The van der Waals surface area contributed by atoms with E-state index in [2.05, 4.69) is 59.6 Å². The molecule has 1 heterocycles.